The van der Waals surface area contributed by atoms with Crippen molar-refractivity contribution in [2.45, 2.75) is 58.2 Å². The molecule has 20 heavy (non-hydrogen) atoms. The minimum atomic E-state index is -0.494. The van der Waals surface area contributed by atoms with Crippen molar-refractivity contribution in [2.75, 3.05) is 6.54 Å². The predicted molar refractivity (Wildman–Crippen MR) is 73.7 cm³/mol. The first-order valence-electron chi connectivity index (χ1n) is 7.15. The molecule has 1 aliphatic heterocycles. The van der Waals surface area contributed by atoms with Crippen LogP contribution in [0.15, 0.2) is 4.79 Å². The van der Waals surface area contributed by atoms with Gasteiger partial charge in [-0.3, -0.25) is 14.6 Å². The van der Waals surface area contributed by atoms with Crippen molar-refractivity contribution in [3.05, 3.63) is 21.6 Å². The molecule has 0 spiro atoms. The molecule has 110 valence electrons. The number of nitrogens with zero attached hydrogens (tertiary/aromatic N) is 2. The first-order chi connectivity index (χ1) is 9.35. The quantitative estimate of drug-likeness (QED) is 0.852. The lowest BCUT2D eigenvalue weighted by atomic mass is 10.1. The number of aromatic amines is 1. The second-order valence-electron chi connectivity index (χ2n) is 6.62. The standard InChI is InChI=1S/C14H21N3O3/c1-14(2,3)20-13(19)16-7-6-10-11(8-16)17(9-4-5-9)15-12(10)18/h9H,4-8H2,1-3H3,(H,15,18). The average molecular weight is 279 g/mol. The van der Waals surface area contributed by atoms with E-state index in [9.17, 15) is 9.59 Å². The van der Waals surface area contributed by atoms with Crippen LogP contribution in [0.25, 0.3) is 0 Å². The number of hydrogen-bond donors (Lipinski definition) is 1. The molecule has 0 unspecified atom stereocenters. The Kier molecular flexibility index (Phi) is 2.92. The van der Waals surface area contributed by atoms with Gasteiger partial charge in [-0.2, -0.15) is 0 Å². The van der Waals surface area contributed by atoms with Gasteiger partial charge in [0.15, 0.2) is 0 Å². The van der Waals surface area contributed by atoms with E-state index in [2.05, 4.69) is 5.10 Å². The number of H-pyrrole nitrogens is 1. The summed E-state index contributed by atoms with van der Waals surface area (Å²) in [6, 6.07) is 0.407. The minimum absolute atomic E-state index is 0.00395. The second kappa shape index (κ2) is 4.40. The molecule has 1 aliphatic carbocycles. The van der Waals surface area contributed by atoms with Crippen LogP contribution in [0.4, 0.5) is 4.79 Å². The molecule has 1 aromatic heterocycles. The van der Waals surface area contributed by atoms with Gasteiger partial charge >= 0.3 is 6.09 Å². The Labute approximate surface area is 117 Å². The molecule has 6 heteroatoms. The summed E-state index contributed by atoms with van der Waals surface area (Å²) in [5, 5.41) is 2.91. The minimum Gasteiger partial charge on any atom is -0.444 e. The van der Waals surface area contributed by atoms with Crippen LogP contribution in [0.1, 0.15) is 50.9 Å². The lowest BCUT2D eigenvalue weighted by molar-refractivity contribution is 0.0218. The van der Waals surface area contributed by atoms with Crippen LogP contribution >= 0.6 is 0 Å². The molecule has 0 radical (unpaired) electrons. The fourth-order valence-corrected chi connectivity index (χ4v) is 2.58. The molecule has 0 bridgehead atoms. The molecular weight excluding hydrogens is 258 g/mol. The van der Waals surface area contributed by atoms with E-state index in [-0.39, 0.29) is 11.7 Å². The van der Waals surface area contributed by atoms with Crippen LogP contribution in [0, 0.1) is 0 Å². The number of carbonyl (C=O) groups excluding carboxylic acids is 1. The normalized spacial score (nSPS) is 18.9. The molecular formula is C14H21N3O3. The maximum absolute atomic E-state index is 12.1. The average Bonchev–Trinajstić information content (AvgIpc) is 3.13. The largest absolute Gasteiger partial charge is 0.444 e. The molecule has 0 aromatic carbocycles. The van der Waals surface area contributed by atoms with Crippen LogP contribution in [-0.2, 0) is 17.7 Å². The molecule has 0 saturated heterocycles. The topological polar surface area (TPSA) is 67.3 Å². The van der Waals surface area contributed by atoms with Crippen molar-refractivity contribution >= 4 is 6.09 Å². The Bertz CT molecular complexity index is 590. The summed E-state index contributed by atoms with van der Waals surface area (Å²) < 4.78 is 7.36. The molecule has 1 saturated carbocycles. The highest BCUT2D eigenvalue weighted by atomic mass is 16.6. The van der Waals surface area contributed by atoms with Crippen molar-refractivity contribution in [3.63, 3.8) is 0 Å². The lowest BCUT2D eigenvalue weighted by Crippen LogP contribution is -2.40. The summed E-state index contributed by atoms with van der Waals surface area (Å²) in [6.07, 6.45) is 2.50. The SMILES string of the molecule is CC(C)(C)OC(=O)N1CCc2c(n(C3CC3)[nH]c2=O)C1. The van der Waals surface area contributed by atoms with Gasteiger partial charge in [0.2, 0.25) is 0 Å². The van der Waals surface area contributed by atoms with Gasteiger partial charge < -0.3 is 9.64 Å². The van der Waals surface area contributed by atoms with Gasteiger partial charge in [0.1, 0.15) is 5.60 Å². The van der Waals surface area contributed by atoms with Crippen LogP contribution in [0.2, 0.25) is 0 Å². The van der Waals surface area contributed by atoms with Gasteiger partial charge in [0.25, 0.3) is 5.56 Å². The second-order valence-corrected chi connectivity index (χ2v) is 6.62. The zero-order valence-corrected chi connectivity index (χ0v) is 12.2. The van der Waals surface area contributed by atoms with E-state index in [1.165, 1.54) is 0 Å². The van der Waals surface area contributed by atoms with Crippen molar-refractivity contribution in [1.29, 1.82) is 0 Å². The van der Waals surface area contributed by atoms with Crippen molar-refractivity contribution in [1.82, 2.24) is 14.7 Å². The zero-order valence-electron chi connectivity index (χ0n) is 12.2. The number of rotatable bonds is 1. The Morgan fingerprint density at radius 1 is 1.35 bits per heavy atom. The Hall–Kier alpha value is -1.72. The first-order valence-corrected chi connectivity index (χ1v) is 7.15. The van der Waals surface area contributed by atoms with Crippen molar-refractivity contribution in [2.24, 2.45) is 0 Å². The van der Waals surface area contributed by atoms with E-state index < -0.39 is 5.60 Å². The smallest absolute Gasteiger partial charge is 0.410 e. The molecule has 1 fully saturated rings. The Morgan fingerprint density at radius 2 is 2.05 bits per heavy atom. The van der Waals surface area contributed by atoms with Gasteiger partial charge in [-0.05, 0) is 40.0 Å². The van der Waals surface area contributed by atoms with Gasteiger partial charge in [-0.25, -0.2) is 4.79 Å². The highest BCUT2D eigenvalue weighted by molar-refractivity contribution is 5.68. The zero-order chi connectivity index (χ0) is 14.5. The van der Waals surface area contributed by atoms with Crippen LogP contribution in [-0.4, -0.2) is 32.9 Å². The maximum atomic E-state index is 12.1. The number of carbonyl (C=O) groups is 1. The third kappa shape index (κ3) is 2.46. The van der Waals surface area contributed by atoms with Crippen molar-refractivity contribution < 1.29 is 9.53 Å². The number of fused-ring (bicyclic) bond motifs is 1. The van der Waals surface area contributed by atoms with E-state index in [4.69, 9.17) is 4.74 Å². The van der Waals surface area contributed by atoms with E-state index in [0.29, 0.717) is 25.6 Å². The highest BCUT2D eigenvalue weighted by Gasteiger charge is 2.33. The van der Waals surface area contributed by atoms with Crippen molar-refractivity contribution in [3.8, 4) is 0 Å². The molecule has 1 amide bonds. The first kappa shape index (κ1) is 13.3. The van der Waals surface area contributed by atoms with Gasteiger partial charge in [-0.15, -0.1) is 0 Å². The molecule has 1 aromatic rings. The molecule has 3 rings (SSSR count). The third-order valence-corrected chi connectivity index (χ3v) is 3.67. The molecule has 2 aliphatic rings. The van der Waals surface area contributed by atoms with Gasteiger partial charge in [0, 0.05) is 12.1 Å². The predicted octanol–water partition coefficient (Wildman–Crippen LogP) is 1.80. The Morgan fingerprint density at radius 3 is 2.65 bits per heavy atom. The van der Waals surface area contributed by atoms with Gasteiger partial charge in [-0.1, -0.05) is 0 Å². The number of nitrogens with one attached hydrogen (secondary N) is 1. The number of amides is 1. The summed E-state index contributed by atoms with van der Waals surface area (Å²) in [4.78, 5) is 25.7. The van der Waals surface area contributed by atoms with E-state index in [1.54, 1.807) is 4.90 Å². The van der Waals surface area contributed by atoms with E-state index >= 15 is 0 Å². The lowest BCUT2D eigenvalue weighted by Gasteiger charge is -2.30. The van der Waals surface area contributed by atoms with Crippen LogP contribution in [0.3, 0.4) is 0 Å². The summed E-state index contributed by atoms with van der Waals surface area (Å²) in [7, 11) is 0. The monoisotopic (exact) mass is 279 g/mol. The van der Waals surface area contributed by atoms with Gasteiger partial charge in [0.05, 0.1) is 18.3 Å². The summed E-state index contributed by atoms with van der Waals surface area (Å²) in [6.45, 7) is 6.57. The van der Waals surface area contributed by atoms with E-state index in [0.717, 1.165) is 24.1 Å². The summed E-state index contributed by atoms with van der Waals surface area (Å²) in [5.74, 6) is 0. The molecule has 0 atom stereocenters. The third-order valence-electron chi connectivity index (χ3n) is 3.67. The summed E-state index contributed by atoms with van der Waals surface area (Å²) in [5.41, 5.74) is 1.29. The Balaban J connectivity index is 1.81. The maximum Gasteiger partial charge on any atom is 0.410 e. The number of hydrogen-bond acceptors (Lipinski definition) is 3. The van der Waals surface area contributed by atoms with Crippen LogP contribution < -0.4 is 5.56 Å². The highest BCUT2D eigenvalue weighted by Crippen LogP contribution is 2.36. The molecule has 2 heterocycles. The number of ether oxygens (including phenoxy) is 1. The fourth-order valence-electron chi connectivity index (χ4n) is 2.58. The van der Waals surface area contributed by atoms with Crippen LogP contribution in [0.5, 0.6) is 0 Å². The molecule has 6 nitrogen and oxygen atoms in total. The summed E-state index contributed by atoms with van der Waals surface area (Å²) >= 11 is 0. The van der Waals surface area contributed by atoms with E-state index in [1.807, 2.05) is 25.5 Å². The fraction of sp³-hybridized carbons (Fsp3) is 0.714. The molecule has 1 N–H and O–H groups in total. The number of aromatic nitrogens is 2.